The van der Waals surface area contributed by atoms with Gasteiger partial charge in [0.05, 0.1) is 7.11 Å². The second-order valence-electron chi connectivity index (χ2n) is 6.96. The first-order valence-electron chi connectivity index (χ1n) is 9.64. The number of benzene rings is 3. The molecule has 30 heavy (non-hydrogen) atoms. The molecule has 4 aromatic rings. The fourth-order valence-electron chi connectivity index (χ4n) is 3.53. The molecule has 0 bridgehead atoms. The van der Waals surface area contributed by atoms with Gasteiger partial charge in [-0.05, 0) is 65.8 Å². The number of aromatic amines is 1. The number of hydrogen-bond acceptors (Lipinski definition) is 2. The number of nitrogens with one attached hydrogen (secondary N) is 3. The van der Waals surface area contributed by atoms with Crippen LogP contribution in [0.4, 0.5) is 10.1 Å². The highest BCUT2D eigenvalue weighted by Crippen LogP contribution is 2.31. The smallest absolute Gasteiger partial charge is 0.170 e. The third kappa shape index (κ3) is 4.44. The fourth-order valence-corrected chi connectivity index (χ4v) is 3.73. The van der Waals surface area contributed by atoms with E-state index in [9.17, 15) is 4.39 Å². The molecule has 4 rings (SSSR count). The molecule has 0 radical (unpaired) electrons. The highest BCUT2D eigenvalue weighted by molar-refractivity contribution is 7.80. The number of anilines is 1. The van der Waals surface area contributed by atoms with E-state index in [-0.39, 0.29) is 11.7 Å². The van der Waals surface area contributed by atoms with Crippen LogP contribution in [0.5, 0.6) is 5.75 Å². The molecule has 0 saturated carbocycles. The number of para-hydroxylation sites is 1. The number of ether oxygens (including phenoxy) is 1. The van der Waals surface area contributed by atoms with Gasteiger partial charge in [0.15, 0.2) is 5.11 Å². The predicted octanol–water partition coefficient (Wildman–Crippen LogP) is 5.43. The summed E-state index contributed by atoms with van der Waals surface area (Å²) < 4.78 is 18.4. The van der Waals surface area contributed by atoms with E-state index in [4.69, 9.17) is 17.0 Å². The average molecular weight is 420 g/mol. The maximum atomic E-state index is 13.1. The number of rotatable bonds is 6. The number of hydrogen-bond donors (Lipinski definition) is 3. The van der Waals surface area contributed by atoms with Crippen LogP contribution in [0.25, 0.3) is 10.9 Å². The van der Waals surface area contributed by atoms with E-state index in [1.54, 1.807) is 19.2 Å². The Balaban J connectivity index is 1.57. The first-order valence-corrected chi connectivity index (χ1v) is 10.1. The molecule has 0 aliphatic heterocycles. The monoisotopic (exact) mass is 419 g/mol. The van der Waals surface area contributed by atoms with Crippen molar-refractivity contribution in [2.45, 2.75) is 5.92 Å². The van der Waals surface area contributed by atoms with Gasteiger partial charge in [-0.2, -0.15) is 0 Å². The summed E-state index contributed by atoms with van der Waals surface area (Å²) in [6.07, 6.45) is 2.05. The van der Waals surface area contributed by atoms with Crippen molar-refractivity contribution in [3.05, 3.63) is 95.9 Å². The van der Waals surface area contributed by atoms with Gasteiger partial charge in [-0.25, -0.2) is 4.39 Å². The molecule has 0 unspecified atom stereocenters. The Bertz CT molecular complexity index is 1140. The summed E-state index contributed by atoms with van der Waals surface area (Å²) >= 11 is 5.46. The molecule has 1 heterocycles. The van der Waals surface area contributed by atoms with Crippen LogP contribution in [-0.2, 0) is 0 Å². The van der Waals surface area contributed by atoms with Crippen LogP contribution in [-0.4, -0.2) is 23.8 Å². The quantitative estimate of drug-likeness (QED) is 0.365. The van der Waals surface area contributed by atoms with Gasteiger partial charge in [-0.15, -0.1) is 0 Å². The minimum atomic E-state index is -0.279. The molecule has 1 aromatic heterocycles. The molecular formula is C24H22FN3OS. The third-order valence-corrected chi connectivity index (χ3v) is 5.33. The predicted molar refractivity (Wildman–Crippen MR) is 124 cm³/mol. The number of methoxy groups -OCH3 is 1. The second kappa shape index (κ2) is 8.97. The first kappa shape index (κ1) is 19.9. The van der Waals surface area contributed by atoms with Crippen LogP contribution in [0.15, 0.2) is 79.0 Å². The van der Waals surface area contributed by atoms with Crippen molar-refractivity contribution >= 4 is 33.9 Å². The van der Waals surface area contributed by atoms with Crippen molar-refractivity contribution in [1.82, 2.24) is 10.3 Å². The normalized spacial score (nSPS) is 11.8. The third-order valence-electron chi connectivity index (χ3n) is 5.08. The zero-order chi connectivity index (χ0) is 20.9. The van der Waals surface area contributed by atoms with Crippen LogP contribution < -0.4 is 15.4 Å². The molecule has 0 aliphatic rings. The van der Waals surface area contributed by atoms with E-state index < -0.39 is 0 Å². The summed E-state index contributed by atoms with van der Waals surface area (Å²) in [5, 5.41) is 8.07. The average Bonchev–Trinajstić information content (AvgIpc) is 3.20. The van der Waals surface area contributed by atoms with E-state index >= 15 is 0 Å². The Hall–Kier alpha value is -3.38. The number of halogens is 1. The summed E-state index contributed by atoms with van der Waals surface area (Å²) in [4.78, 5) is 3.36. The van der Waals surface area contributed by atoms with Crippen molar-refractivity contribution in [3.63, 3.8) is 0 Å². The lowest BCUT2D eigenvalue weighted by Gasteiger charge is -2.20. The zero-order valence-corrected chi connectivity index (χ0v) is 17.3. The number of thiocarbonyl (C=S) groups is 1. The topological polar surface area (TPSA) is 49.1 Å². The summed E-state index contributed by atoms with van der Waals surface area (Å²) in [5.41, 5.74) is 4.17. The van der Waals surface area contributed by atoms with Crippen molar-refractivity contribution < 1.29 is 9.13 Å². The van der Waals surface area contributed by atoms with E-state index in [1.165, 1.54) is 23.1 Å². The molecular weight excluding hydrogens is 397 g/mol. The lowest BCUT2D eigenvalue weighted by Crippen LogP contribution is -2.32. The highest BCUT2D eigenvalue weighted by atomic mass is 32.1. The zero-order valence-electron chi connectivity index (χ0n) is 16.5. The second-order valence-corrected chi connectivity index (χ2v) is 7.37. The molecule has 0 aliphatic carbocycles. The minimum absolute atomic E-state index is 0.0695. The summed E-state index contributed by atoms with van der Waals surface area (Å²) in [6.45, 7) is 0.598. The largest absolute Gasteiger partial charge is 0.497 e. The van der Waals surface area contributed by atoms with Gasteiger partial charge in [0.1, 0.15) is 11.6 Å². The molecule has 3 N–H and O–H groups in total. The molecule has 152 valence electrons. The fraction of sp³-hybridized carbons (Fsp3) is 0.125. The number of aromatic nitrogens is 1. The maximum absolute atomic E-state index is 13.1. The van der Waals surface area contributed by atoms with Crippen molar-refractivity contribution in [1.29, 1.82) is 0 Å². The van der Waals surface area contributed by atoms with E-state index in [1.807, 2.05) is 24.3 Å². The molecule has 0 spiro atoms. The SMILES string of the molecule is COc1ccc([C@@H](CNC(=S)Nc2ccc(F)cc2)c2c[nH]c3ccccc23)cc1. The molecule has 0 amide bonds. The maximum Gasteiger partial charge on any atom is 0.170 e. The van der Waals surface area contributed by atoms with Gasteiger partial charge in [0.25, 0.3) is 0 Å². The Labute approximate surface area is 180 Å². The molecule has 6 heteroatoms. The van der Waals surface area contributed by atoms with E-state index in [0.717, 1.165) is 22.5 Å². The molecule has 0 saturated heterocycles. The van der Waals surface area contributed by atoms with Crippen LogP contribution >= 0.6 is 12.2 Å². The van der Waals surface area contributed by atoms with Gasteiger partial charge >= 0.3 is 0 Å². The lowest BCUT2D eigenvalue weighted by atomic mass is 9.91. The van der Waals surface area contributed by atoms with Crippen LogP contribution in [0.2, 0.25) is 0 Å². The van der Waals surface area contributed by atoms with Gasteiger partial charge in [-0.1, -0.05) is 30.3 Å². The van der Waals surface area contributed by atoms with E-state index in [0.29, 0.717) is 11.7 Å². The molecule has 1 atom stereocenters. The van der Waals surface area contributed by atoms with Gasteiger partial charge in [0.2, 0.25) is 0 Å². The van der Waals surface area contributed by atoms with Gasteiger partial charge in [0, 0.05) is 35.2 Å². The van der Waals surface area contributed by atoms with Crippen LogP contribution in [0.1, 0.15) is 17.0 Å². The Kier molecular flexibility index (Phi) is 5.95. The van der Waals surface area contributed by atoms with Crippen molar-refractivity contribution in [2.75, 3.05) is 19.0 Å². The Morgan fingerprint density at radius 2 is 1.77 bits per heavy atom. The Morgan fingerprint density at radius 3 is 2.50 bits per heavy atom. The number of fused-ring (bicyclic) bond motifs is 1. The van der Waals surface area contributed by atoms with Crippen molar-refractivity contribution in [3.8, 4) is 5.75 Å². The van der Waals surface area contributed by atoms with Crippen LogP contribution in [0, 0.1) is 5.82 Å². The lowest BCUT2D eigenvalue weighted by molar-refractivity contribution is 0.414. The van der Waals surface area contributed by atoms with Crippen LogP contribution in [0.3, 0.4) is 0 Å². The summed E-state index contributed by atoms with van der Waals surface area (Å²) in [7, 11) is 1.66. The minimum Gasteiger partial charge on any atom is -0.497 e. The van der Waals surface area contributed by atoms with Crippen molar-refractivity contribution in [2.24, 2.45) is 0 Å². The summed E-state index contributed by atoms with van der Waals surface area (Å²) in [6, 6.07) is 22.4. The standard InChI is InChI=1S/C24H22FN3OS/c1-29-19-12-6-16(7-13-19)21(22-15-26-23-5-3-2-4-20(22)23)14-27-24(30)28-18-10-8-17(25)9-11-18/h2-13,15,21,26H,14H2,1H3,(H2,27,28,30)/t21-/m1/s1. The first-order chi connectivity index (χ1) is 14.6. The number of H-pyrrole nitrogens is 1. The Morgan fingerprint density at radius 1 is 1.03 bits per heavy atom. The van der Waals surface area contributed by atoms with Gasteiger partial charge in [-0.3, -0.25) is 0 Å². The highest BCUT2D eigenvalue weighted by Gasteiger charge is 2.18. The molecule has 4 nitrogen and oxygen atoms in total. The van der Waals surface area contributed by atoms with E-state index in [2.05, 4.69) is 46.1 Å². The summed E-state index contributed by atoms with van der Waals surface area (Å²) in [5.74, 6) is 0.608. The molecule has 3 aromatic carbocycles. The van der Waals surface area contributed by atoms with Gasteiger partial charge < -0.3 is 20.4 Å². The molecule has 0 fully saturated rings.